The average molecular weight is 244 g/mol. The second-order valence-electron chi connectivity index (χ2n) is 4.00. The lowest BCUT2D eigenvalue weighted by Gasteiger charge is -2.13. The largest absolute Gasteiger partial charge is 0.465 e. The number of fused-ring (bicyclic) bond motifs is 1. The Bertz CT molecular complexity index is 464. The molecular weight excluding hydrogens is 233 g/mol. The van der Waals surface area contributed by atoms with Crippen LogP contribution in [-0.4, -0.2) is 13.1 Å². The lowest BCUT2D eigenvalue weighted by Crippen LogP contribution is -2.12. The van der Waals surface area contributed by atoms with Crippen molar-refractivity contribution in [1.82, 2.24) is 0 Å². The molecule has 0 fully saturated rings. The standard InChI is InChI=1S/C12H11F3O2/c1-17-11(16)8-5-7-3-2-4-9(7)10(6-8)12(13,14)15/h5-6H,2-4H2,1H3. The van der Waals surface area contributed by atoms with Gasteiger partial charge in [0, 0.05) is 0 Å². The van der Waals surface area contributed by atoms with E-state index in [0.717, 1.165) is 13.2 Å². The summed E-state index contributed by atoms with van der Waals surface area (Å²) in [4.78, 5) is 11.3. The Morgan fingerprint density at radius 1 is 1.29 bits per heavy atom. The average Bonchev–Trinajstić information content (AvgIpc) is 2.72. The van der Waals surface area contributed by atoms with Crippen LogP contribution in [0.4, 0.5) is 13.2 Å². The highest BCUT2D eigenvalue weighted by atomic mass is 19.4. The third-order valence-corrected chi connectivity index (χ3v) is 2.94. The maximum Gasteiger partial charge on any atom is 0.416 e. The first-order valence-electron chi connectivity index (χ1n) is 5.25. The Labute approximate surface area is 96.4 Å². The minimum Gasteiger partial charge on any atom is -0.465 e. The highest BCUT2D eigenvalue weighted by Crippen LogP contribution is 2.37. The predicted molar refractivity (Wildman–Crippen MR) is 54.8 cm³/mol. The number of methoxy groups -OCH3 is 1. The summed E-state index contributed by atoms with van der Waals surface area (Å²) in [6.45, 7) is 0. The molecule has 2 nitrogen and oxygen atoms in total. The van der Waals surface area contributed by atoms with E-state index in [0.29, 0.717) is 30.4 Å². The van der Waals surface area contributed by atoms with Crippen molar-refractivity contribution in [3.63, 3.8) is 0 Å². The number of benzene rings is 1. The van der Waals surface area contributed by atoms with Crippen LogP contribution in [-0.2, 0) is 23.8 Å². The van der Waals surface area contributed by atoms with E-state index in [1.54, 1.807) is 0 Å². The summed E-state index contributed by atoms with van der Waals surface area (Å²) >= 11 is 0. The van der Waals surface area contributed by atoms with Crippen LogP contribution in [0.5, 0.6) is 0 Å². The summed E-state index contributed by atoms with van der Waals surface area (Å²) in [7, 11) is 1.16. The zero-order valence-corrected chi connectivity index (χ0v) is 9.23. The maximum absolute atomic E-state index is 12.8. The lowest BCUT2D eigenvalue weighted by molar-refractivity contribution is -0.138. The minimum absolute atomic E-state index is 0.0273. The third kappa shape index (κ3) is 2.14. The van der Waals surface area contributed by atoms with E-state index < -0.39 is 17.7 Å². The van der Waals surface area contributed by atoms with E-state index >= 15 is 0 Å². The Hall–Kier alpha value is -1.52. The van der Waals surface area contributed by atoms with Gasteiger partial charge in [0.1, 0.15) is 0 Å². The van der Waals surface area contributed by atoms with Crippen LogP contribution in [0.1, 0.15) is 33.5 Å². The summed E-state index contributed by atoms with van der Waals surface area (Å²) in [5.74, 6) is -0.731. The molecule has 0 bridgehead atoms. The van der Waals surface area contributed by atoms with Crippen molar-refractivity contribution in [3.05, 3.63) is 34.4 Å². The molecule has 0 amide bonds. The summed E-state index contributed by atoms with van der Waals surface area (Å²) in [6, 6.07) is 2.39. The van der Waals surface area contributed by atoms with Crippen molar-refractivity contribution >= 4 is 5.97 Å². The summed E-state index contributed by atoms with van der Waals surface area (Å²) in [5.41, 5.74) is 0.207. The second kappa shape index (κ2) is 4.05. The third-order valence-electron chi connectivity index (χ3n) is 2.94. The molecule has 0 saturated heterocycles. The van der Waals surface area contributed by atoms with Gasteiger partial charge in [0.05, 0.1) is 18.2 Å². The van der Waals surface area contributed by atoms with E-state index in [1.807, 2.05) is 0 Å². The topological polar surface area (TPSA) is 26.3 Å². The second-order valence-corrected chi connectivity index (χ2v) is 4.00. The van der Waals surface area contributed by atoms with Gasteiger partial charge in [-0.25, -0.2) is 4.79 Å². The van der Waals surface area contributed by atoms with E-state index in [1.165, 1.54) is 6.07 Å². The number of hydrogen-bond acceptors (Lipinski definition) is 2. The van der Waals surface area contributed by atoms with Gasteiger partial charge in [-0.05, 0) is 42.5 Å². The van der Waals surface area contributed by atoms with Gasteiger partial charge in [0.25, 0.3) is 0 Å². The Balaban J connectivity index is 2.58. The first kappa shape index (κ1) is 12.0. The number of rotatable bonds is 1. The van der Waals surface area contributed by atoms with Crippen molar-refractivity contribution < 1.29 is 22.7 Å². The Morgan fingerprint density at radius 2 is 2.00 bits per heavy atom. The van der Waals surface area contributed by atoms with Crippen molar-refractivity contribution in [3.8, 4) is 0 Å². The van der Waals surface area contributed by atoms with Crippen molar-refractivity contribution in [2.75, 3.05) is 7.11 Å². The van der Waals surface area contributed by atoms with Gasteiger partial charge in [-0.2, -0.15) is 13.2 Å². The first-order chi connectivity index (χ1) is 7.93. The smallest absolute Gasteiger partial charge is 0.416 e. The molecular formula is C12H11F3O2. The molecule has 0 aromatic heterocycles. The molecule has 1 aromatic carbocycles. The van der Waals surface area contributed by atoms with Crippen LogP contribution in [0.3, 0.4) is 0 Å². The van der Waals surface area contributed by atoms with Gasteiger partial charge in [0.2, 0.25) is 0 Å². The molecule has 2 rings (SSSR count). The van der Waals surface area contributed by atoms with E-state index in [2.05, 4.69) is 4.74 Å². The van der Waals surface area contributed by atoms with Gasteiger partial charge in [-0.1, -0.05) is 0 Å². The zero-order chi connectivity index (χ0) is 12.6. The molecule has 0 unspecified atom stereocenters. The molecule has 1 aliphatic carbocycles. The van der Waals surface area contributed by atoms with Crippen molar-refractivity contribution in [2.24, 2.45) is 0 Å². The van der Waals surface area contributed by atoms with Gasteiger partial charge < -0.3 is 4.74 Å². The van der Waals surface area contributed by atoms with Crippen LogP contribution in [0, 0.1) is 0 Å². The van der Waals surface area contributed by atoms with Gasteiger partial charge >= 0.3 is 12.1 Å². The van der Waals surface area contributed by atoms with Crippen LogP contribution < -0.4 is 0 Å². The highest BCUT2D eigenvalue weighted by molar-refractivity contribution is 5.90. The van der Waals surface area contributed by atoms with Gasteiger partial charge in [-0.15, -0.1) is 0 Å². The molecule has 0 radical (unpaired) electrons. The van der Waals surface area contributed by atoms with Crippen LogP contribution >= 0.6 is 0 Å². The van der Waals surface area contributed by atoms with Crippen LogP contribution in [0.25, 0.3) is 0 Å². The van der Waals surface area contributed by atoms with Crippen molar-refractivity contribution in [2.45, 2.75) is 25.4 Å². The summed E-state index contributed by atoms with van der Waals surface area (Å²) < 4.78 is 43.0. The van der Waals surface area contributed by atoms with E-state index in [4.69, 9.17) is 0 Å². The minimum atomic E-state index is -4.42. The van der Waals surface area contributed by atoms with Gasteiger partial charge in [-0.3, -0.25) is 0 Å². The molecule has 0 aliphatic heterocycles. The number of hydrogen-bond donors (Lipinski definition) is 0. The highest BCUT2D eigenvalue weighted by Gasteiger charge is 2.36. The van der Waals surface area contributed by atoms with Crippen LogP contribution in [0.2, 0.25) is 0 Å². The molecule has 0 spiro atoms. The molecule has 0 heterocycles. The number of carbonyl (C=O) groups excluding carboxylic acids is 1. The molecule has 17 heavy (non-hydrogen) atoms. The summed E-state index contributed by atoms with van der Waals surface area (Å²) in [5, 5.41) is 0. The number of esters is 1. The van der Waals surface area contributed by atoms with E-state index in [9.17, 15) is 18.0 Å². The Kier molecular flexibility index (Phi) is 2.85. The van der Waals surface area contributed by atoms with Gasteiger partial charge in [0.15, 0.2) is 0 Å². The van der Waals surface area contributed by atoms with E-state index in [-0.39, 0.29) is 5.56 Å². The zero-order valence-electron chi connectivity index (χ0n) is 9.23. The summed E-state index contributed by atoms with van der Waals surface area (Å²) in [6.07, 6.45) is -2.71. The SMILES string of the molecule is COC(=O)c1cc2c(c(C(F)(F)F)c1)CCC2. The maximum atomic E-state index is 12.8. The Morgan fingerprint density at radius 3 is 2.59 bits per heavy atom. The number of ether oxygens (including phenoxy) is 1. The molecule has 0 N–H and O–H groups in total. The molecule has 0 atom stereocenters. The lowest BCUT2D eigenvalue weighted by atomic mass is 9.99. The fourth-order valence-corrected chi connectivity index (χ4v) is 2.19. The number of aryl methyl sites for hydroxylation is 1. The fourth-order valence-electron chi connectivity index (χ4n) is 2.19. The molecule has 5 heteroatoms. The molecule has 1 aromatic rings. The fraction of sp³-hybridized carbons (Fsp3) is 0.417. The normalized spacial score (nSPS) is 14.6. The molecule has 0 saturated carbocycles. The monoisotopic (exact) mass is 244 g/mol. The number of alkyl halides is 3. The molecule has 1 aliphatic rings. The number of halogens is 3. The van der Waals surface area contributed by atoms with Crippen LogP contribution in [0.15, 0.2) is 12.1 Å². The quantitative estimate of drug-likeness (QED) is 0.710. The molecule has 92 valence electrons. The van der Waals surface area contributed by atoms with Crippen molar-refractivity contribution in [1.29, 1.82) is 0 Å². The number of carbonyl (C=O) groups is 1. The first-order valence-corrected chi connectivity index (χ1v) is 5.25. The predicted octanol–water partition coefficient (Wildman–Crippen LogP) is 2.98.